The molecule has 0 aliphatic rings. The molecule has 0 rings (SSSR count). The van der Waals surface area contributed by atoms with Crippen LogP contribution in [0.15, 0.2) is 0 Å². The second-order valence-electron chi connectivity index (χ2n) is 5.61. The van der Waals surface area contributed by atoms with Gasteiger partial charge in [0.1, 0.15) is 5.54 Å². The van der Waals surface area contributed by atoms with E-state index in [-0.39, 0.29) is 11.3 Å². The number of hydrogen-bond acceptors (Lipinski definition) is 2. The predicted molar refractivity (Wildman–Crippen MR) is 60.1 cm³/mol. The van der Waals surface area contributed by atoms with E-state index in [1.165, 1.54) is 4.90 Å². The number of likely N-dealkylation sites (N-methyl/N-ethyl adjacent to an activating group) is 1. The van der Waals surface area contributed by atoms with Gasteiger partial charge in [-0.15, -0.1) is 0 Å². The van der Waals surface area contributed by atoms with Crippen LogP contribution in [0.3, 0.4) is 0 Å². The molecule has 2 N–H and O–H groups in total. The number of amides is 2. The van der Waals surface area contributed by atoms with Gasteiger partial charge in [-0.1, -0.05) is 20.8 Å². The molecule has 0 saturated heterocycles. The standard InChI is InChI=1S/C11H22N2O2/c1-10(2,3)7-8(14)13(6)11(4,5)9(12)15/h7H2,1-6H3,(H2,12,15). The molecule has 0 aromatic carbocycles. The van der Waals surface area contributed by atoms with Gasteiger partial charge in [-0.2, -0.15) is 0 Å². The van der Waals surface area contributed by atoms with E-state index in [9.17, 15) is 9.59 Å². The van der Waals surface area contributed by atoms with Crippen molar-refractivity contribution in [3.05, 3.63) is 0 Å². The Hall–Kier alpha value is -1.06. The van der Waals surface area contributed by atoms with Crippen molar-refractivity contribution in [3.63, 3.8) is 0 Å². The fourth-order valence-corrected chi connectivity index (χ4v) is 1.05. The van der Waals surface area contributed by atoms with Crippen LogP contribution in [0.1, 0.15) is 41.0 Å². The van der Waals surface area contributed by atoms with E-state index in [1.807, 2.05) is 20.8 Å². The Kier molecular flexibility index (Phi) is 3.91. The predicted octanol–water partition coefficient (Wildman–Crippen LogP) is 1.14. The number of primary amides is 1. The van der Waals surface area contributed by atoms with E-state index in [1.54, 1.807) is 20.9 Å². The third-order valence-electron chi connectivity index (χ3n) is 2.50. The quantitative estimate of drug-likeness (QED) is 0.765. The number of carbonyl (C=O) groups is 2. The summed E-state index contributed by atoms with van der Waals surface area (Å²) in [6.45, 7) is 9.24. The fourth-order valence-electron chi connectivity index (χ4n) is 1.05. The molecular formula is C11H22N2O2. The van der Waals surface area contributed by atoms with Crippen LogP contribution in [0.4, 0.5) is 0 Å². The zero-order valence-corrected chi connectivity index (χ0v) is 10.5. The van der Waals surface area contributed by atoms with Crippen molar-refractivity contribution < 1.29 is 9.59 Å². The molecule has 0 saturated carbocycles. The van der Waals surface area contributed by atoms with Gasteiger partial charge in [0.05, 0.1) is 0 Å². The molecule has 0 aromatic rings. The summed E-state index contributed by atoms with van der Waals surface area (Å²) in [5.74, 6) is -0.557. The lowest BCUT2D eigenvalue weighted by Crippen LogP contribution is -2.54. The molecule has 0 aromatic heterocycles. The zero-order valence-electron chi connectivity index (χ0n) is 10.5. The van der Waals surface area contributed by atoms with Crippen molar-refractivity contribution >= 4 is 11.8 Å². The lowest BCUT2D eigenvalue weighted by Gasteiger charge is -2.34. The zero-order chi connectivity index (χ0) is 12.4. The van der Waals surface area contributed by atoms with Gasteiger partial charge in [-0.05, 0) is 19.3 Å². The summed E-state index contributed by atoms with van der Waals surface area (Å²) in [6.07, 6.45) is 0.403. The van der Waals surface area contributed by atoms with Gasteiger partial charge < -0.3 is 10.6 Å². The highest BCUT2D eigenvalue weighted by Crippen LogP contribution is 2.22. The van der Waals surface area contributed by atoms with Crippen molar-refractivity contribution in [1.29, 1.82) is 0 Å². The largest absolute Gasteiger partial charge is 0.368 e. The van der Waals surface area contributed by atoms with Crippen LogP contribution in [-0.4, -0.2) is 29.3 Å². The van der Waals surface area contributed by atoms with E-state index in [0.717, 1.165) is 0 Å². The highest BCUT2D eigenvalue weighted by Gasteiger charge is 2.34. The fraction of sp³-hybridized carbons (Fsp3) is 0.818. The van der Waals surface area contributed by atoms with E-state index < -0.39 is 11.4 Å². The first-order valence-corrected chi connectivity index (χ1v) is 5.05. The first-order valence-electron chi connectivity index (χ1n) is 5.05. The van der Waals surface area contributed by atoms with Gasteiger partial charge in [0.25, 0.3) is 0 Å². The topological polar surface area (TPSA) is 63.4 Å². The summed E-state index contributed by atoms with van der Waals surface area (Å²) < 4.78 is 0. The Bertz CT molecular complexity index is 264. The maximum Gasteiger partial charge on any atom is 0.242 e. The van der Waals surface area contributed by atoms with Gasteiger partial charge >= 0.3 is 0 Å². The molecule has 0 bridgehead atoms. The molecule has 0 fully saturated rings. The molecule has 0 aliphatic heterocycles. The number of nitrogens with two attached hydrogens (primary N) is 1. The SMILES string of the molecule is CN(C(=O)CC(C)(C)C)C(C)(C)C(N)=O. The third kappa shape index (κ3) is 3.90. The summed E-state index contributed by atoms with van der Waals surface area (Å²) in [7, 11) is 1.61. The van der Waals surface area contributed by atoms with Crippen LogP contribution in [0.25, 0.3) is 0 Å². The minimum atomic E-state index is -0.928. The minimum absolute atomic E-state index is 0.0636. The van der Waals surface area contributed by atoms with Crippen LogP contribution in [0, 0.1) is 5.41 Å². The van der Waals surface area contributed by atoms with Crippen LogP contribution < -0.4 is 5.73 Å². The molecule has 0 atom stereocenters. The highest BCUT2D eigenvalue weighted by atomic mass is 16.2. The number of rotatable bonds is 3. The lowest BCUT2D eigenvalue weighted by atomic mass is 9.90. The summed E-state index contributed by atoms with van der Waals surface area (Å²) in [4.78, 5) is 24.4. The molecule has 0 heterocycles. The number of hydrogen-bond donors (Lipinski definition) is 1. The average Bonchev–Trinajstić information content (AvgIpc) is 1.99. The Morgan fingerprint density at radius 2 is 1.53 bits per heavy atom. The van der Waals surface area contributed by atoms with Crippen molar-refractivity contribution in [2.24, 2.45) is 11.1 Å². The molecule has 0 aliphatic carbocycles. The van der Waals surface area contributed by atoms with Crippen LogP contribution in [0.2, 0.25) is 0 Å². The first-order chi connectivity index (χ1) is 6.48. The Balaban J connectivity index is 4.66. The molecule has 0 radical (unpaired) electrons. The summed E-state index contributed by atoms with van der Waals surface area (Å²) >= 11 is 0. The second kappa shape index (κ2) is 4.21. The monoisotopic (exact) mass is 214 g/mol. The van der Waals surface area contributed by atoms with E-state index in [0.29, 0.717) is 6.42 Å². The summed E-state index contributed by atoms with van der Waals surface area (Å²) in [6, 6.07) is 0. The van der Waals surface area contributed by atoms with Crippen molar-refractivity contribution in [1.82, 2.24) is 4.90 Å². The number of nitrogens with zero attached hydrogens (tertiary/aromatic N) is 1. The molecule has 4 heteroatoms. The smallest absolute Gasteiger partial charge is 0.242 e. The van der Waals surface area contributed by atoms with E-state index >= 15 is 0 Å². The Morgan fingerprint density at radius 1 is 1.13 bits per heavy atom. The van der Waals surface area contributed by atoms with Gasteiger partial charge in [0.15, 0.2) is 0 Å². The maximum absolute atomic E-state index is 11.8. The minimum Gasteiger partial charge on any atom is -0.368 e. The van der Waals surface area contributed by atoms with Crippen molar-refractivity contribution in [2.45, 2.75) is 46.6 Å². The molecule has 2 amide bonds. The lowest BCUT2D eigenvalue weighted by molar-refractivity contribution is -0.143. The molecule has 0 unspecified atom stereocenters. The molecule has 0 spiro atoms. The molecule has 15 heavy (non-hydrogen) atoms. The van der Waals surface area contributed by atoms with Crippen molar-refractivity contribution in [2.75, 3.05) is 7.05 Å². The maximum atomic E-state index is 11.8. The Labute approximate surface area is 91.8 Å². The second-order valence-corrected chi connectivity index (χ2v) is 5.61. The summed E-state index contributed by atoms with van der Waals surface area (Å²) in [5.41, 5.74) is 4.23. The number of carbonyl (C=O) groups excluding carboxylic acids is 2. The third-order valence-corrected chi connectivity index (χ3v) is 2.50. The van der Waals surface area contributed by atoms with Gasteiger partial charge in [0.2, 0.25) is 11.8 Å². The molecule has 4 nitrogen and oxygen atoms in total. The Morgan fingerprint density at radius 3 is 1.80 bits per heavy atom. The summed E-state index contributed by atoms with van der Waals surface area (Å²) in [5, 5.41) is 0. The van der Waals surface area contributed by atoms with Gasteiger partial charge in [0, 0.05) is 13.5 Å². The molecular weight excluding hydrogens is 192 g/mol. The first kappa shape index (κ1) is 13.9. The van der Waals surface area contributed by atoms with E-state index in [2.05, 4.69) is 0 Å². The van der Waals surface area contributed by atoms with E-state index in [4.69, 9.17) is 5.73 Å². The molecule has 88 valence electrons. The average molecular weight is 214 g/mol. The van der Waals surface area contributed by atoms with Gasteiger partial charge in [-0.25, -0.2) is 0 Å². The van der Waals surface area contributed by atoms with Gasteiger partial charge in [-0.3, -0.25) is 9.59 Å². The van der Waals surface area contributed by atoms with Crippen molar-refractivity contribution in [3.8, 4) is 0 Å². The van der Waals surface area contributed by atoms with Crippen LogP contribution >= 0.6 is 0 Å². The highest BCUT2D eigenvalue weighted by molar-refractivity contribution is 5.89. The van der Waals surface area contributed by atoms with Crippen LogP contribution in [0.5, 0.6) is 0 Å². The van der Waals surface area contributed by atoms with Crippen LogP contribution in [-0.2, 0) is 9.59 Å². The normalized spacial score (nSPS) is 12.4.